The second-order valence-corrected chi connectivity index (χ2v) is 14.8. The molecule has 40 heavy (non-hydrogen) atoms. The van der Waals surface area contributed by atoms with Crippen molar-refractivity contribution in [1.29, 1.82) is 0 Å². The molecule has 3 nitrogen and oxygen atoms in total. The van der Waals surface area contributed by atoms with E-state index >= 15 is 0 Å². The predicted molar refractivity (Wildman–Crippen MR) is 174 cm³/mol. The third kappa shape index (κ3) is 18.1. The van der Waals surface area contributed by atoms with Gasteiger partial charge in [0, 0.05) is 0 Å². The first-order valence-corrected chi connectivity index (χ1v) is 19.8. The minimum Gasteiger partial charge on any atom is -0.309 e. The van der Waals surface area contributed by atoms with Crippen LogP contribution in [0.15, 0.2) is 0 Å². The van der Waals surface area contributed by atoms with Crippen molar-refractivity contribution in [2.75, 3.05) is 0 Å². The smallest absolute Gasteiger partial charge is 0.309 e. The Morgan fingerprint density at radius 3 is 0.550 bits per heavy atom. The van der Waals surface area contributed by atoms with Gasteiger partial charge >= 0.3 is 8.60 Å². The number of rotatable bonds is 6. The monoisotopic (exact) mass is 580 g/mol. The fourth-order valence-corrected chi connectivity index (χ4v) is 8.65. The molecule has 0 bridgehead atoms. The normalized spacial score (nSPS) is 25.4. The SMILES string of the molecule is C1CCCCCC(OP(OC2CCCCCCCCCCC2)OC2CCCCCCCCCCC2)CCCCC1. The maximum atomic E-state index is 6.97. The Bertz CT molecular complexity index is 446. The highest BCUT2D eigenvalue weighted by Crippen LogP contribution is 2.48. The van der Waals surface area contributed by atoms with E-state index in [0.29, 0.717) is 18.3 Å². The molecule has 0 aromatic carbocycles. The molecule has 0 unspecified atom stereocenters. The maximum Gasteiger partial charge on any atom is 0.333 e. The number of hydrogen-bond acceptors (Lipinski definition) is 3. The summed E-state index contributed by atoms with van der Waals surface area (Å²) < 4.78 is 20.9. The van der Waals surface area contributed by atoms with E-state index in [0.717, 1.165) is 0 Å². The minimum absolute atomic E-state index is 0.322. The standard InChI is InChI=1S/C36H69O3P/c1-4-10-16-22-28-34(29-23-17-11-5-1)37-40(38-35-30-24-18-12-6-2-7-13-19-25-31-35)39-36-32-26-20-14-8-3-9-15-21-27-33-36/h34-36H,1-33H2. The van der Waals surface area contributed by atoms with Crippen LogP contribution in [0.2, 0.25) is 0 Å². The molecule has 0 aromatic rings. The van der Waals surface area contributed by atoms with E-state index in [2.05, 4.69) is 0 Å². The molecule has 3 fully saturated rings. The Labute approximate surface area is 252 Å². The molecule has 0 radical (unpaired) electrons. The van der Waals surface area contributed by atoms with Crippen molar-refractivity contribution in [3.8, 4) is 0 Å². The Hall–Kier alpha value is 0.310. The molecule has 3 aliphatic rings. The van der Waals surface area contributed by atoms with Gasteiger partial charge in [0.25, 0.3) is 0 Å². The van der Waals surface area contributed by atoms with Crippen LogP contribution in [0, 0.1) is 0 Å². The Morgan fingerprint density at radius 1 is 0.225 bits per heavy atom. The van der Waals surface area contributed by atoms with Gasteiger partial charge in [0.15, 0.2) is 0 Å². The highest BCUT2D eigenvalue weighted by Gasteiger charge is 2.27. The molecule has 0 saturated heterocycles. The lowest BCUT2D eigenvalue weighted by Crippen LogP contribution is -2.20. The first kappa shape index (κ1) is 34.8. The van der Waals surface area contributed by atoms with Crippen molar-refractivity contribution < 1.29 is 13.6 Å². The van der Waals surface area contributed by atoms with Gasteiger partial charge in [-0.1, -0.05) is 173 Å². The summed E-state index contributed by atoms with van der Waals surface area (Å²) in [5.74, 6) is 0. The maximum absolute atomic E-state index is 6.97. The van der Waals surface area contributed by atoms with Crippen LogP contribution in [0.4, 0.5) is 0 Å². The van der Waals surface area contributed by atoms with Crippen LogP contribution in [0.3, 0.4) is 0 Å². The summed E-state index contributed by atoms with van der Waals surface area (Å²) in [7, 11) is -1.27. The molecule has 0 aromatic heterocycles. The molecule has 0 aliphatic heterocycles. The number of hydrogen-bond donors (Lipinski definition) is 0. The highest BCUT2D eigenvalue weighted by atomic mass is 31.2. The van der Waals surface area contributed by atoms with Crippen molar-refractivity contribution >= 4 is 8.60 Å². The molecule has 0 atom stereocenters. The predicted octanol–water partition coefficient (Wildman–Crippen LogP) is 13.3. The zero-order chi connectivity index (χ0) is 27.8. The van der Waals surface area contributed by atoms with Crippen molar-refractivity contribution in [1.82, 2.24) is 0 Å². The summed E-state index contributed by atoms with van der Waals surface area (Å²) in [5.41, 5.74) is 0. The summed E-state index contributed by atoms with van der Waals surface area (Å²) in [6, 6.07) is 0. The lowest BCUT2D eigenvalue weighted by atomic mass is 10.00. The molecule has 3 rings (SSSR count). The van der Waals surface area contributed by atoms with E-state index in [4.69, 9.17) is 13.6 Å². The Kier molecular flexibility index (Phi) is 21.5. The van der Waals surface area contributed by atoms with Gasteiger partial charge in [0.1, 0.15) is 0 Å². The van der Waals surface area contributed by atoms with Gasteiger partial charge in [-0.3, -0.25) is 0 Å². The first-order chi connectivity index (χ1) is 19.9. The zero-order valence-corrected chi connectivity index (χ0v) is 27.6. The van der Waals surface area contributed by atoms with Gasteiger partial charge in [0.2, 0.25) is 0 Å². The van der Waals surface area contributed by atoms with Crippen molar-refractivity contribution in [2.24, 2.45) is 0 Å². The summed E-state index contributed by atoms with van der Waals surface area (Å²) in [5, 5.41) is 0. The van der Waals surface area contributed by atoms with Crippen molar-refractivity contribution in [3.63, 3.8) is 0 Å². The zero-order valence-electron chi connectivity index (χ0n) is 26.7. The first-order valence-electron chi connectivity index (χ1n) is 18.7. The summed E-state index contributed by atoms with van der Waals surface area (Å²) in [6.07, 6.45) is 45.4. The lowest BCUT2D eigenvalue weighted by molar-refractivity contribution is 0.0465. The van der Waals surface area contributed by atoms with Crippen LogP contribution in [0.5, 0.6) is 0 Å². The molecule has 0 N–H and O–H groups in total. The highest BCUT2D eigenvalue weighted by molar-refractivity contribution is 7.41. The van der Waals surface area contributed by atoms with E-state index in [1.165, 1.54) is 212 Å². The summed E-state index contributed by atoms with van der Waals surface area (Å²) in [4.78, 5) is 0. The lowest BCUT2D eigenvalue weighted by Gasteiger charge is -2.30. The molecular weight excluding hydrogens is 511 g/mol. The Balaban J connectivity index is 1.63. The topological polar surface area (TPSA) is 27.7 Å². The second-order valence-electron chi connectivity index (χ2n) is 13.7. The third-order valence-corrected chi connectivity index (χ3v) is 11.3. The fraction of sp³-hybridized carbons (Fsp3) is 1.00. The molecule has 236 valence electrons. The van der Waals surface area contributed by atoms with Gasteiger partial charge in [-0.25, -0.2) is 0 Å². The average molecular weight is 581 g/mol. The summed E-state index contributed by atoms with van der Waals surface area (Å²) in [6.45, 7) is 0. The van der Waals surface area contributed by atoms with Crippen LogP contribution in [0.1, 0.15) is 212 Å². The van der Waals surface area contributed by atoms with E-state index in [1.54, 1.807) is 0 Å². The van der Waals surface area contributed by atoms with E-state index in [1.807, 2.05) is 0 Å². The molecule has 3 aliphatic carbocycles. The Morgan fingerprint density at radius 2 is 0.375 bits per heavy atom. The van der Waals surface area contributed by atoms with E-state index < -0.39 is 8.60 Å². The van der Waals surface area contributed by atoms with Crippen LogP contribution in [-0.2, 0) is 13.6 Å². The van der Waals surface area contributed by atoms with Gasteiger partial charge in [0.05, 0.1) is 18.3 Å². The van der Waals surface area contributed by atoms with E-state index in [9.17, 15) is 0 Å². The van der Waals surface area contributed by atoms with Gasteiger partial charge in [-0.2, -0.15) is 0 Å². The van der Waals surface area contributed by atoms with E-state index in [-0.39, 0.29) is 0 Å². The molecular formula is C36H69O3P. The molecule has 3 saturated carbocycles. The van der Waals surface area contributed by atoms with Crippen molar-refractivity contribution in [2.45, 2.75) is 230 Å². The van der Waals surface area contributed by atoms with Gasteiger partial charge in [-0.15, -0.1) is 0 Å². The third-order valence-electron chi connectivity index (χ3n) is 9.86. The molecule has 4 heteroatoms. The van der Waals surface area contributed by atoms with Gasteiger partial charge in [-0.05, 0) is 38.5 Å². The molecule has 0 heterocycles. The van der Waals surface area contributed by atoms with Crippen LogP contribution >= 0.6 is 8.60 Å². The average Bonchev–Trinajstić information content (AvgIpc) is 2.93. The van der Waals surface area contributed by atoms with Gasteiger partial charge < -0.3 is 13.6 Å². The minimum atomic E-state index is -1.27. The molecule has 0 amide bonds. The van der Waals surface area contributed by atoms with Crippen LogP contribution in [0.25, 0.3) is 0 Å². The quantitative estimate of drug-likeness (QED) is 0.292. The molecule has 0 spiro atoms. The van der Waals surface area contributed by atoms with Crippen LogP contribution in [-0.4, -0.2) is 18.3 Å². The second kappa shape index (κ2) is 24.7. The summed E-state index contributed by atoms with van der Waals surface area (Å²) >= 11 is 0. The fourth-order valence-electron chi connectivity index (χ4n) is 7.13. The largest absolute Gasteiger partial charge is 0.333 e. The van der Waals surface area contributed by atoms with Crippen LogP contribution < -0.4 is 0 Å². The van der Waals surface area contributed by atoms with Crippen molar-refractivity contribution in [3.05, 3.63) is 0 Å².